The first kappa shape index (κ1) is 17.4. The van der Waals surface area contributed by atoms with Gasteiger partial charge < -0.3 is 15.3 Å². The Morgan fingerprint density at radius 1 is 0.947 bits per heavy atom. The van der Waals surface area contributed by atoms with E-state index in [4.69, 9.17) is 5.11 Å². The van der Waals surface area contributed by atoms with E-state index in [1.54, 1.807) is 14.1 Å². The number of unbranched alkanes of at least 4 members (excludes halogenated alkanes) is 2. The highest BCUT2D eigenvalue weighted by molar-refractivity contribution is 5.78. The van der Waals surface area contributed by atoms with E-state index in [2.05, 4.69) is 5.32 Å². The van der Waals surface area contributed by atoms with Gasteiger partial charge in [0.15, 0.2) is 0 Å². The van der Waals surface area contributed by atoms with Crippen molar-refractivity contribution in [3.8, 4) is 0 Å². The fourth-order valence-corrected chi connectivity index (χ4v) is 1.52. The molecule has 2 amide bonds. The van der Waals surface area contributed by atoms with Crippen LogP contribution >= 0.6 is 0 Å². The number of hydrogen-bond acceptors (Lipinski definition) is 3. The highest BCUT2D eigenvalue weighted by Gasteiger charge is 2.06. The molecule has 0 atom stereocenters. The first-order chi connectivity index (χ1) is 8.93. The molecular weight excluding hydrogens is 248 g/mol. The molecule has 0 aromatic carbocycles. The highest BCUT2D eigenvalue weighted by atomic mass is 16.4. The predicted octanol–water partition coefficient (Wildman–Crippen LogP) is 1.01. The number of rotatable bonds is 10. The van der Waals surface area contributed by atoms with Crippen molar-refractivity contribution in [3.63, 3.8) is 0 Å². The monoisotopic (exact) mass is 272 g/mol. The van der Waals surface area contributed by atoms with Gasteiger partial charge in [-0.05, 0) is 19.3 Å². The summed E-state index contributed by atoms with van der Waals surface area (Å²) < 4.78 is 0. The molecule has 0 saturated carbocycles. The van der Waals surface area contributed by atoms with Gasteiger partial charge in [0.1, 0.15) is 0 Å². The summed E-state index contributed by atoms with van der Waals surface area (Å²) in [7, 11) is 3.39. The molecule has 0 saturated heterocycles. The zero-order valence-electron chi connectivity index (χ0n) is 11.8. The Kier molecular flexibility index (Phi) is 9.48. The number of amides is 2. The van der Waals surface area contributed by atoms with Gasteiger partial charge in [0, 0.05) is 39.9 Å². The van der Waals surface area contributed by atoms with E-state index in [0.29, 0.717) is 32.2 Å². The molecule has 110 valence electrons. The van der Waals surface area contributed by atoms with Crippen LogP contribution in [0.4, 0.5) is 0 Å². The van der Waals surface area contributed by atoms with Crippen LogP contribution in [-0.2, 0) is 14.4 Å². The average Bonchev–Trinajstić information content (AvgIpc) is 2.32. The van der Waals surface area contributed by atoms with Gasteiger partial charge in [-0.25, -0.2) is 0 Å². The quantitative estimate of drug-likeness (QED) is 0.581. The van der Waals surface area contributed by atoms with Gasteiger partial charge in [-0.3, -0.25) is 14.4 Å². The molecule has 0 radical (unpaired) electrons. The van der Waals surface area contributed by atoms with Crippen LogP contribution in [0.5, 0.6) is 0 Å². The number of carboxylic acids is 1. The van der Waals surface area contributed by atoms with Crippen LogP contribution in [0.1, 0.15) is 44.9 Å². The molecule has 6 nitrogen and oxygen atoms in total. The minimum Gasteiger partial charge on any atom is -0.481 e. The Morgan fingerprint density at radius 2 is 1.63 bits per heavy atom. The molecule has 0 aliphatic carbocycles. The average molecular weight is 272 g/mol. The summed E-state index contributed by atoms with van der Waals surface area (Å²) in [5, 5.41) is 11.2. The van der Waals surface area contributed by atoms with Crippen molar-refractivity contribution in [1.29, 1.82) is 0 Å². The van der Waals surface area contributed by atoms with Gasteiger partial charge in [0.2, 0.25) is 11.8 Å². The van der Waals surface area contributed by atoms with E-state index in [1.807, 2.05) is 0 Å². The van der Waals surface area contributed by atoms with Crippen LogP contribution in [0.2, 0.25) is 0 Å². The molecular formula is C13H24N2O4. The number of aliphatic carboxylic acids is 1. The second-order valence-electron chi connectivity index (χ2n) is 4.70. The molecule has 6 heteroatoms. The van der Waals surface area contributed by atoms with E-state index in [1.165, 1.54) is 4.90 Å². The second kappa shape index (κ2) is 10.3. The van der Waals surface area contributed by atoms with Gasteiger partial charge >= 0.3 is 5.97 Å². The predicted molar refractivity (Wildman–Crippen MR) is 71.7 cm³/mol. The molecule has 0 aromatic rings. The van der Waals surface area contributed by atoms with E-state index in [0.717, 1.165) is 12.8 Å². The number of carbonyl (C=O) groups excluding carboxylic acids is 2. The van der Waals surface area contributed by atoms with Crippen molar-refractivity contribution in [2.45, 2.75) is 44.9 Å². The zero-order valence-corrected chi connectivity index (χ0v) is 11.8. The van der Waals surface area contributed by atoms with E-state index >= 15 is 0 Å². The lowest BCUT2D eigenvalue weighted by atomic mass is 10.2. The van der Waals surface area contributed by atoms with Crippen LogP contribution in [-0.4, -0.2) is 48.4 Å². The first-order valence-electron chi connectivity index (χ1n) is 6.62. The lowest BCUT2D eigenvalue weighted by Crippen LogP contribution is -2.25. The summed E-state index contributed by atoms with van der Waals surface area (Å²) in [6.45, 7) is 0.570. The van der Waals surface area contributed by atoms with Crippen LogP contribution in [0.25, 0.3) is 0 Å². The van der Waals surface area contributed by atoms with Crippen molar-refractivity contribution in [1.82, 2.24) is 10.2 Å². The van der Waals surface area contributed by atoms with Crippen molar-refractivity contribution in [2.24, 2.45) is 0 Å². The molecule has 0 aliphatic rings. The highest BCUT2D eigenvalue weighted by Crippen LogP contribution is 2.00. The minimum atomic E-state index is -0.783. The Morgan fingerprint density at radius 3 is 2.21 bits per heavy atom. The molecule has 19 heavy (non-hydrogen) atoms. The maximum atomic E-state index is 11.4. The standard InChI is InChI=1S/C13H24N2O4/c1-15(2)12(17)8-6-7-11(16)14-10-5-3-4-9-13(18)19/h3-10H2,1-2H3,(H,14,16)(H,18,19). The van der Waals surface area contributed by atoms with Crippen LogP contribution in [0, 0.1) is 0 Å². The molecule has 0 spiro atoms. The third-order valence-corrected chi connectivity index (χ3v) is 2.68. The van der Waals surface area contributed by atoms with Gasteiger partial charge in [0.05, 0.1) is 0 Å². The summed E-state index contributed by atoms with van der Waals surface area (Å²) >= 11 is 0. The number of carboxylic acid groups (broad SMARTS) is 1. The van der Waals surface area contributed by atoms with Gasteiger partial charge in [-0.2, -0.15) is 0 Å². The van der Waals surface area contributed by atoms with Gasteiger partial charge in [-0.15, -0.1) is 0 Å². The maximum Gasteiger partial charge on any atom is 0.303 e. The Hall–Kier alpha value is -1.59. The topological polar surface area (TPSA) is 86.7 Å². The summed E-state index contributed by atoms with van der Waals surface area (Å²) in [5.74, 6) is -0.805. The van der Waals surface area contributed by atoms with Crippen LogP contribution < -0.4 is 5.32 Å². The fraction of sp³-hybridized carbons (Fsp3) is 0.769. The third-order valence-electron chi connectivity index (χ3n) is 2.68. The molecule has 0 aliphatic heterocycles. The van der Waals surface area contributed by atoms with Crippen molar-refractivity contribution in [3.05, 3.63) is 0 Å². The number of carbonyl (C=O) groups is 3. The van der Waals surface area contributed by atoms with Crippen molar-refractivity contribution in [2.75, 3.05) is 20.6 Å². The lowest BCUT2D eigenvalue weighted by Gasteiger charge is -2.09. The number of nitrogens with one attached hydrogen (secondary N) is 1. The third kappa shape index (κ3) is 11.2. The van der Waals surface area contributed by atoms with E-state index in [9.17, 15) is 14.4 Å². The maximum absolute atomic E-state index is 11.4. The summed E-state index contributed by atoms with van der Waals surface area (Å²) in [6, 6.07) is 0. The largest absolute Gasteiger partial charge is 0.481 e. The zero-order chi connectivity index (χ0) is 14.7. The fourth-order valence-electron chi connectivity index (χ4n) is 1.52. The molecule has 0 heterocycles. The van der Waals surface area contributed by atoms with E-state index < -0.39 is 5.97 Å². The summed E-state index contributed by atoms with van der Waals surface area (Å²) in [4.78, 5) is 34.4. The molecule has 2 N–H and O–H groups in total. The van der Waals surface area contributed by atoms with Crippen molar-refractivity contribution >= 4 is 17.8 Å². The molecule has 0 rings (SSSR count). The summed E-state index contributed by atoms with van der Waals surface area (Å²) in [5.41, 5.74) is 0. The number of nitrogens with zero attached hydrogens (tertiary/aromatic N) is 1. The van der Waals surface area contributed by atoms with Crippen molar-refractivity contribution < 1.29 is 19.5 Å². The molecule has 0 unspecified atom stereocenters. The number of hydrogen-bond donors (Lipinski definition) is 2. The molecule has 0 aromatic heterocycles. The molecule has 0 fully saturated rings. The Balaban J connectivity index is 3.40. The Labute approximate surface area is 114 Å². The van der Waals surface area contributed by atoms with Gasteiger partial charge in [0.25, 0.3) is 0 Å². The summed E-state index contributed by atoms with van der Waals surface area (Å²) in [6.07, 6.45) is 3.71. The van der Waals surface area contributed by atoms with Crippen LogP contribution in [0.15, 0.2) is 0 Å². The van der Waals surface area contributed by atoms with Gasteiger partial charge in [-0.1, -0.05) is 6.42 Å². The normalized spacial score (nSPS) is 10.0. The molecule has 0 bridgehead atoms. The SMILES string of the molecule is CN(C)C(=O)CCCC(=O)NCCCCCC(=O)O. The lowest BCUT2D eigenvalue weighted by molar-refractivity contribution is -0.137. The smallest absolute Gasteiger partial charge is 0.303 e. The van der Waals surface area contributed by atoms with Crippen LogP contribution in [0.3, 0.4) is 0 Å². The Bertz CT molecular complexity index is 303. The minimum absolute atomic E-state index is 0.0291. The second-order valence-corrected chi connectivity index (χ2v) is 4.70. The van der Waals surface area contributed by atoms with E-state index in [-0.39, 0.29) is 18.2 Å². The first-order valence-corrected chi connectivity index (χ1v) is 6.62.